The molecule has 0 radical (unpaired) electrons. The van der Waals surface area contributed by atoms with Crippen LogP contribution >= 0.6 is 0 Å². The summed E-state index contributed by atoms with van der Waals surface area (Å²) in [6.45, 7) is 19.3. The third-order valence-electron chi connectivity index (χ3n) is 10.6. The largest absolute Gasteiger partial charge is 3.00 e. The van der Waals surface area contributed by atoms with Crippen LogP contribution in [0.1, 0.15) is 50.1 Å². The van der Waals surface area contributed by atoms with Crippen molar-refractivity contribution >= 4 is 0 Å². The van der Waals surface area contributed by atoms with E-state index in [1.807, 2.05) is 91.8 Å². The third-order valence-corrected chi connectivity index (χ3v) is 10.6. The fraction of sp³-hybridized carbons (Fsp3) is 0.167. The molecule has 3 aromatic heterocycles. The minimum Gasteiger partial charge on any atom is -0.299 e. The first-order valence-electron chi connectivity index (χ1n) is 20.5. The van der Waals surface area contributed by atoms with Crippen molar-refractivity contribution in [1.29, 1.82) is 0 Å². The Morgan fingerprint density at radius 1 is 0.311 bits per heavy atom. The first-order chi connectivity index (χ1) is 29.0. The van der Waals surface area contributed by atoms with Crippen LogP contribution in [-0.2, 0) is 20.1 Å². The number of benzene rings is 6. The summed E-state index contributed by atoms with van der Waals surface area (Å²) in [4.78, 5) is 13.6. The van der Waals surface area contributed by atoms with E-state index in [1.54, 1.807) is 0 Å². The average Bonchev–Trinajstić information content (AvgIpc) is 4.01. The number of hydrogen-bond acceptors (Lipinski definition) is 3. The molecule has 0 aliphatic carbocycles. The molecular weight excluding hydrogens is 925 g/mol. The maximum atomic E-state index is 4.53. The van der Waals surface area contributed by atoms with Crippen LogP contribution in [0.15, 0.2) is 165 Å². The first-order valence-corrected chi connectivity index (χ1v) is 20.5. The van der Waals surface area contributed by atoms with Gasteiger partial charge in [-0.15, -0.1) is 0 Å². The summed E-state index contributed by atoms with van der Waals surface area (Å²) < 4.78 is 6.54. The topological polar surface area (TPSA) is 53.5 Å². The van der Waals surface area contributed by atoms with Gasteiger partial charge in [0.05, 0.1) is 17.1 Å². The number of hydrogen-bond donors (Lipinski definition) is 0. The van der Waals surface area contributed by atoms with Crippen LogP contribution in [-0.4, -0.2) is 28.7 Å². The van der Waals surface area contributed by atoms with Gasteiger partial charge < -0.3 is 0 Å². The number of imidazole rings is 3. The molecule has 0 aliphatic rings. The molecule has 0 amide bonds. The Kier molecular flexibility index (Phi) is 14.3. The SMILES string of the molecule is Cc1cc(C)c(-n2ccnc2-c2ccccc2)c(C)c1.Cc1cc(C)c(-n2ccnc2-c2ccccc2)c(C)c1.Cc1cc(C)c(-n2ccnc2-c2ccccc2)c(C)c1.[Ir+3]. The Morgan fingerprint density at radius 2 is 0.525 bits per heavy atom. The quantitative estimate of drug-likeness (QED) is 0.167. The first kappa shape index (κ1) is 44.2. The van der Waals surface area contributed by atoms with E-state index in [2.05, 4.69) is 164 Å². The van der Waals surface area contributed by atoms with Crippen LogP contribution < -0.4 is 0 Å². The second-order valence-electron chi connectivity index (χ2n) is 15.7. The van der Waals surface area contributed by atoms with Gasteiger partial charge in [0.25, 0.3) is 0 Å². The van der Waals surface area contributed by atoms with E-state index in [0.717, 1.165) is 34.2 Å². The molecule has 0 bridgehead atoms. The zero-order valence-electron chi connectivity index (χ0n) is 36.6. The minimum atomic E-state index is 0. The van der Waals surface area contributed by atoms with Crippen molar-refractivity contribution in [2.45, 2.75) is 62.3 Å². The van der Waals surface area contributed by atoms with Crippen molar-refractivity contribution in [3.63, 3.8) is 0 Å². The summed E-state index contributed by atoms with van der Waals surface area (Å²) >= 11 is 0. The zero-order valence-corrected chi connectivity index (χ0v) is 39.0. The summed E-state index contributed by atoms with van der Waals surface area (Å²) in [7, 11) is 0. The molecule has 9 rings (SSSR count). The standard InChI is InChI=1S/3C18H18N2.Ir/c3*1-13-11-14(2)17(15(3)12-13)20-10-9-19-18(20)16-7-5-4-6-8-16;/h3*4-12H,1-3H3;/q;;;+3. The molecule has 7 heteroatoms. The Balaban J connectivity index is 0.000000152. The maximum Gasteiger partial charge on any atom is 3.00 e. The molecule has 0 unspecified atom stereocenters. The molecule has 6 aromatic carbocycles. The zero-order chi connectivity index (χ0) is 42.3. The van der Waals surface area contributed by atoms with Gasteiger partial charge in [0.1, 0.15) is 17.5 Å². The van der Waals surface area contributed by atoms with Crippen LogP contribution in [0.2, 0.25) is 0 Å². The van der Waals surface area contributed by atoms with E-state index in [0.29, 0.717) is 0 Å². The third kappa shape index (κ3) is 9.98. The van der Waals surface area contributed by atoms with Gasteiger partial charge in [-0.1, -0.05) is 144 Å². The molecule has 0 saturated heterocycles. The number of rotatable bonds is 6. The Labute approximate surface area is 375 Å². The summed E-state index contributed by atoms with van der Waals surface area (Å²) in [5.41, 5.74) is 18.6. The average molecular weight is 979 g/mol. The molecule has 0 fully saturated rings. The van der Waals surface area contributed by atoms with Crippen LogP contribution in [0.25, 0.3) is 51.2 Å². The van der Waals surface area contributed by atoms with Crippen molar-refractivity contribution < 1.29 is 20.1 Å². The molecule has 0 spiro atoms. The van der Waals surface area contributed by atoms with Gasteiger partial charge in [0, 0.05) is 53.9 Å². The number of nitrogens with zero attached hydrogens (tertiary/aromatic N) is 6. The number of aryl methyl sites for hydroxylation is 9. The van der Waals surface area contributed by atoms with Gasteiger partial charge in [0.15, 0.2) is 0 Å². The van der Waals surface area contributed by atoms with Crippen LogP contribution in [0, 0.1) is 62.3 Å². The Hall–Kier alpha value is -6.40. The van der Waals surface area contributed by atoms with E-state index in [4.69, 9.17) is 0 Å². The van der Waals surface area contributed by atoms with E-state index < -0.39 is 0 Å². The van der Waals surface area contributed by atoms with Gasteiger partial charge in [-0.25, -0.2) is 15.0 Å². The van der Waals surface area contributed by atoms with Crippen molar-refractivity contribution in [1.82, 2.24) is 28.7 Å². The van der Waals surface area contributed by atoms with Crippen molar-refractivity contribution in [3.05, 3.63) is 215 Å². The van der Waals surface area contributed by atoms with Crippen LogP contribution in [0.4, 0.5) is 0 Å². The van der Waals surface area contributed by atoms with Gasteiger partial charge in [-0.05, 0) is 95.7 Å². The van der Waals surface area contributed by atoms with Crippen molar-refractivity contribution in [2.24, 2.45) is 0 Å². The van der Waals surface area contributed by atoms with Crippen molar-refractivity contribution in [3.8, 4) is 51.2 Å². The Bertz CT molecular complexity index is 2470. The molecule has 0 aliphatic heterocycles. The normalized spacial score (nSPS) is 10.6. The summed E-state index contributed by atoms with van der Waals surface area (Å²) in [5.74, 6) is 2.96. The molecule has 6 nitrogen and oxygen atoms in total. The fourth-order valence-corrected chi connectivity index (χ4v) is 8.51. The van der Waals surface area contributed by atoms with Crippen molar-refractivity contribution in [2.75, 3.05) is 0 Å². The van der Waals surface area contributed by atoms with E-state index in [9.17, 15) is 0 Å². The molecule has 0 N–H and O–H groups in total. The smallest absolute Gasteiger partial charge is 0.299 e. The minimum absolute atomic E-state index is 0. The molecule has 306 valence electrons. The van der Waals surface area contributed by atoms with Gasteiger partial charge >= 0.3 is 20.1 Å². The summed E-state index contributed by atoms with van der Waals surface area (Å²) in [6, 6.07) is 44.2. The predicted molar refractivity (Wildman–Crippen MR) is 250 cm³/mol. The van der Waals surface area contributed by atoms with Gasteiger partial charge in [0.2, 0.25) is 0 Å². The van der Waals surface area contributed by atoms with E-state index in [-0.39, 0.29) is 20.1 Å². The predicted octanol–water partition coefficient (Wildman–Crippen LogP) is 13.4. The monoisotopic (exact) mass is 979 g/mol. The maximum absolute atomic E-state index is 4.53. The fourth-order valence-electron chi connectivity index (χ4n) is 8.51. The molecule has 3 heterocycles. The number of aromatic nitrogens is 6. The van der Waals surface area contributed by atoms with E-state index >= 15 is 0 Å². The van der Waals surface area contributed by atoms with Gasteiger partial charge in [-0.2, -0.15) is 0 Å². The molecule has 0 saturated carbocycles. The molecular formula is C54H54IrN6+3. The molecule has 61 heavy (non-hydrogen) atoms. The van der Waals surface area contributed by atoms with Crippen LogP contribution in [0.5, 0.6) is 0 Å². The second-order valence-corrected chi connectivity index (χ2v) is 15.7. The molecule has 0 atom stereocenters. The van der Waals surface area contributed by atoms with Crippen LogP contribution in [0.3, 0.4) is 0 Å². The second kappa shape index (κ2) is 19.8. The van der Waals surface area contributed by atoms with Gasteiger partial charge in [-0.3, -0.25) is 13.7 Å². The summed E-state index contributed by atoms with van der Waals surface area (Å²) in [5, 5.41) is 0. The Morgan fingerprint density at radius 3 is 0.738 bits per heavy atom. The van der Waals surface area contributed by atoms with E-state index in [1.165, 1.54) is 67.1 Å². The molecule has 9 aromatic rings. The summed E-state index contributed by atoms with van der Waals surface area (Å²) in [6.07, 6.45) is 11.7.